The summed E-state index contributed by atoms with van der Waals surface area (Å²) in [5.74, 6) is 0.0860. The van der Waals surface area contributed by atoms with Crippen molar-refractivity contribution in [2.24, 2.45) is 0 Å². The van der Waals surface area contributed by atoms with E-state index in [-0.39, 0.29) is 5.91 Å². The summed E-state index contributed by atoms with van der Waals surface area (Å²) < 4.78 is 16.1. The number of esters is 1. The Hall–Kier alpha value is -2.38. The molecule has 1 amide bonds. The van der Waals surface area contributed by atoms with Gasteiger partial charge in [0.2, 0.25) is 0 Å². The Labute approximate surface area is 168 Å². The molecular weight excluding hydrogens is 378 g/mol. The summed E-state index contributed by atoms with van der Waals surface area (Å²) in [6.07, 6.45) is 1.82. The highest BCUT2D eigenvalue weighted by Crippen LogP contribution is 2.41. The summed E-state index contributed by atoms with van der Waals surface area (Å²) in [6.45, 7) is 4.79. The van der Waals surface area contributed by atoms with Gasteiger partial charge in [-0.2, -0.15) is 0 Å². The van der Waals surface area contributed by atoms with Gasteiger partial charge in [0.1, 0.15) is 22.4 Å². The van der Waals surface area contributed by atoms with E-state index in [1.807, 2.05) is 38.1 Å². The second-order valence-electron chi connectivity index (χ2n) is 6.59. The number of thiophene rings is 1. The predicted octanol–water partition coefficient (Wildman–Crippen LogP) is 4.42. The molecule has 0 aliphatic carbocycles. The van der Waals surface area contributed by atoms with Crippen molar-refractivity contribution in [1.82, 2.24) is 0 Å². The Bertz CT molecular complexity index is 837. The van der Waals surface area contributed by atoms with Crippen LogP contribution >= 0.6 is 11.3 Å². The molecule has 1 saturated heterocycles. The van der Waals surface area contributed by atoms with Crippen LogP contribution in [0.2, 0.25) is 0 Å². The van der Waals surface area contributed by atoms with Crippen LogP contribution in [0.15, 0.2) is 24.3 Å². The third-order valence-electron chi connectivity index (χ3n) is 4.56. The van der Waals surface area contributed by atoms with E-state index in [2.05, 4.69) is 5.32 Å². The van der Waals surface area contributed by atoms with Gasteiger partial charge in [-0.3, -0.25) is 4.79 Å². The summed E-state index contributed by atoms with van der Waals surface area (Å²) in [7, 11) is 1.61. The van der Waals surface area contributed by atoms with E-state index >= 15 is 0 Å². The highest BCUT2D eigenvalue weighted by atomic mass is 32.1. The lowest BCUT2D eigenvalue weighted by Crippen LogP contribution is -2.27. The topological polar surface area (TPSA) is 73.9 Å². The molecule has 1 aliphatic rings. The molecule has 0 saturated carbocycles. The summed E-state index contributed by atoms with van der Waals surface area (Å²) in [5, 5.41) is 3.40. The highest BCUT2D eigenvalue weighted by molar-refractivity contribution is 7.17. The van der Waals surface area contributed by atoms with E-state index in [9.17, 15) is 9.59 Å². The van der Waals surface area contributed by atoms with Crippen molar-refractivity contribution in [1.29, 1.82) is 0 Å². The number of carbonyl (C=O) groups excluding carboxylic acids is 2. The minimum Gasteiger partial charge on any atom is -0.497 e. The largest absolute Gasteiger partial charge is 0.497 e. The van der Waals surface area contributed by atoms with Crippen molar-refractivity contribution in [2.45, 2.75) is 39.2 Å². The average Bonchev–Trinajstić information content (AvgIpc) is 3.34. The summed E-state index contributed by atoms with van der Waals surface area (Å²) >= 11 is 1.38. The van der Waals surface area contributed by atoms with E-state index in [0.717, 1.165) is 34.6 Å². The van der Waals surface area contributed by atoms with Crippen molar-refractivity contribution in [3.63, 3.8) is 0 Å². The zero-order valence-electron chi connectivity index (χ0n) is 16.4. The molecule has 0 spiro atoms. The number of ether oxygens (including phenoxy) is 3. The van der Waals surface area contributed by atoms with Crippen molar-refractivity contribution in [2.75, 3.05) is 25.6 Å². The highest BCUT2D eigenvalue weighted by Gasteiger charge is 2.29. The number of hydrogen-bond donors (Lipinski definition) is 1. The number of amides is 1. The van der Waals surface area contributed by atoms with E-state index < -0.39 is 12.1 Å². The Morgan fingerprint density at radius 2 is 2.04 bits per heavy atom. The molecule has 1 aromatic heterocycles. The van der Waals surface area contributed by atoms with Gasteiger partial charge in [-0.15, -0.1) is 11.3 Å². The lowest BCUT2D eigenvalue weighted by Gasteiger charge is -2.12. The lowest BCUT2D eigenvalue weighted by molar-refractivity contribution is -0.124. The molecule has 1 fully saturated rings. The van der Waals surface area contributed by atoms with Gasteiger partial charge < -0.3 is 19.5 Å². The summed E-state index contributed by atoms with van der Waals surface area (Å²) in [4.78, 5) is 26.3. The maximum absolute atomic E-state index is 12.8. The maximum atomic E-state index is 12.8. The normalized spacial score (nSPS) is 16.0. The molecule has 2 aromatic rings. The standard InChI is InChI=1S/C21H25NO5S/c1-4-11-27-21(24)18-17(14-7-9-15(25-3)10-8-14)13(2)28-20(18)22-19(23)16-6-5-12-26-16/h7-10,16H,4-6,11-12H2,1-3H3,(H,22,23). The predicted molar refractivity (Wildman–Crippen MR) is 109 cm³/mol. The molecule has 1 atom stereocenters. The van der Waals surface area contributed by atoms with E-state index in [0.29, 0.717) is 30.2 Å². The van der Waals surface area contributed by atoms with Crippen LogP contribution in [-0.4, -0.2) is 38.3 Å². The first kappa shape index (κ1) is 20.4. The Morgan fingerprint density at radius 1 is 1.29 bits per heavy atom. The molecule has 7 heteroatoms. The lowest BCUT2D eigenvalue weighted by atomic mass is 10.0. The Morgan fingerprint density at radius 3 is 2.64 bits per heavy atom. The summed E-state index contributed by atoms with van der Waals surface area (Å²) in [5.41, 5.74) is 2.04. The van der Waals surface area contributed by atoms with Gasteiger partial charge in [0, 0.05) is 17.0 Å². The molecule has 0 radical (unpaired) electrons. The van der Waals surface area contributed by atoms with Crippen LogP contribution in [-0.2, 0) is 14.3 Å². The van der Waals surface area contributed by atoms with Crippen LogP contribution in [0, 0.1) is 6.92 Å². The van der Waals surface area contributed by atoms with Crippen LogP contribution in [0.1, 0.15) is 41.4 Å². The fourth-order valence-electron chi connectivity index (χ4n) is 3.18. The van der Waals surface area contributed by atoms with Crippen LogP contribution < -0.4 is 10.1 Å². The fourth-order valence-corrected chi connectivity index (χ4v) is 4.24. The average molecular weight is 404 g/mol. The van der Waals surface area contributed by atoms with Gasteiger partial charge in [-0.25, -0.2) is 4.79 Å². The first-order valence-electron chi connectivity index (χ1n) is 9.42. The van der Waals surface area contributed by atoms with E-state index in [1.54, 1.807) is 7.11 Å². The zero-order valence-corrected chi connectivity index (χ0v) is 17.2. The number of hydrogen-bond acceptors (Lipinski definition) is 6. The number of benzene rings is 1. The number of methoxy groups -OCH3 is 1. The van der Waals surface area contributed by atoms with Crippen LogP contribution in [0.25, 0.3) is 11.1 Å². The second kappa shape index (κ2) is 9.21. The fraction of sp³-hybridized carbons (Fsp3) is 0.429. The Balaban J connectivity index is 1.98. The van der Waals surface area contributed by atoms with E-state index in [1.165, 1.54) is 11.3 Å². The molecule has 2 heterocycles. The minimum absolute atomic E-state index is 0.218. The number of carbonyl (C=O) groups is 2. The molecule has 1 aromatic carbocycles. The van der Waals surface area contributed by atoms with Crippen LogP contribution in [0.5, 0.6) is 5.75 Å². The van der Waals surface area contributed by atoms with Crippen molar-refractivity contribution < 1.29 is 23.8 Å². The van der Waals surface area contributed by atoms with Gasteiger partial charge in [0.15, 0.2) is 0 Å². The van der Waals surface area contributed by atoms with Gasteiger partial charge in [-0.05, 0) is 43.9 Å². The first-order valence-corrected chi connectivity index (χ1v) is 10.2. The molecule has 150 valence electrons. The van der Waals surface area contributed by atoms with Gasteiger partial charge in [0.25, 0.3) is 5.91 Å². The number of rotatable bonds is 7. The van der Waals surface area contributed by atoms with Crippen LogP contribution in [0.4, 0.5) is 5.00 Å². The first-order chi connectivity index (χ1) is 13.5. The third kappa shape index (κ3) is 4.36. The second-order valence-corrected chi connectivity index (χ2v) is 7.82. The van der Waals surface area contributed by atoms with Gasteiger partial charge >= 0.3 is 5.97 Å². The van der Waals surface area contributed by atoms with E-state index in [4.69, 9.17) is 14.2 Å². The molecule has 1 unspecified atom stereocenters. The molecular formula is C21H25NO5S. The van der Waals surface area contributed by atoms with Gasteiger partial charge in [-0.1, -0.05) is 19.1 Å². The molecule has 3 rings (SSSR count). The quantitative estimate of drug-likeness (QED) is 0.693. The molecule has 1 N–H and O–H groups in total. The zero-order chi connectivity index (χ0) is 20.1. The van der Waals surface area contributed by atoms with Crippen molar-refractivity contribution >= 4 is 28.2 Å². The number of nitrogens with one attached hydrogen (secondary N) is 1. The Kier molecular flexibility index (Phi) is 6.70. The maximum Gasteiger partial charge on any atom is 0.341 e. The number of anilines is 1. The minimum atomic E-state index is -0.466. The van der Waals surface area contributed by atoms with Crippen molar-refractivity contribution in [3.8, 4) is 16.9 Å². The monoisotopic (exact) mass is 403 g/mol. The molecule has 6 nitrogen and oxygen atoms in total. The molecule has 28 heavy (non-hydrogen) atoms. The third-order valence-corrected chi connectivity index (χ3v) is 5.58. The van der Waals surface area contributed by atoms with Crippen molar-refractivity contribution in [3.05, 3.63) is 34.7 Å². The smallest absolute Gasteiger partial charge is 0.341 e. The molecule has 0 bridgehead atoms. The number of aryl methyl sites for hydroxylation is 1. The summed E-state index contributed by atoms with van der Waals surface area (Å²) in [6, 6.07) is 7.49. The van der Waals surface area contributed by atoms with Crippen LogP contribution in [0.3, 0.4) is 0 Å². The SMILES string of the molecule is CCCOC(=O)c1c(NC(=O)C2CCCO2)sc(C)c1-c1ccc(OC)cc1. The molecule has 1 aliphatic heterocycles. The van der Waals surface area contributed by atoms with Gasteiger partial charge in [0.05, 0.1) is 13.7 Å².